The maximum Gasteiger partial charge on any atom is 0.418 e. The third kappa shape index (κ3) is 3.63. The number of fused-ring (bicyclic) bond motifs is 1. The Balaban J connectivity index is 2.35. The number of alkyl halides is 3. The molecule has 3 aromatic rings. The molecule has 12 heteroatoms. The molecule has 0 spiro atoms. The molecule has 0 aromatic heterocycles. The zero-order valence-corrected chi connectivity index (χ0v) is 14.7. The van der Waals surface area contributed by atoms with Crippen molar-refractivity contribution in [1.29, 1.82) is 0 Å². The minimum absolute atomic E-state index is 0.0571. The van der Waals surface area contributed by atoms with Crippen LogP contribution in [0.3, 0.4) is 0 Å². The van der Waals surface area contributed by atoms with Gasteiger partial charge in [0.05, 0.1) is 15.4 Å². The van der Waals surface area contributed by atoms with Gasteiger partial charge in [0.1, 0.15) is 11.5 Å². The van der Waals surface area contributed by atoms with E-state index >= 15 is 0 Å². The number of benzene rings is 3. The lowest BCUT2D eigenvalue weighted by atomic mass is 10.1. The summed E-state index contributed by atoms with van der Waals surface area (Å²) in [5.74, 6) is -0.654. The van der Waals surface area contributed by atoms with E-state index in [4.69, 9.17) is 11.6 Å². The molecule has 7 nitrogen and oxygen atoms in total. The Morgan fingerprint density at radius 2 is 1.59 bits per heavy atom. The lowest BCUT2D eigenvalue weighted by Crippen LogP contribution is -2.12. The van der Waals surface area contributed by atoms with Crippen molar-refractivity contribution in [2.75, 3.05) is 5.32 Å². The third-order valence-corrected chi connectivity index (χ3v) is 4.41. The van der Waals surface area contributed by atoms with E-state index in [1.807, 2.05) is 0 Å². The van der Waals surface area contributed by atoms with E-state index in [2.05, 4.69) is 5.32 Å². The zero-order chi connectivity index (χ0) is 21.5. The van der Waals surface area contributed by atoms with Gasteiger partial charge in [0, 0.05) is 22.5 Å². The summed E-state index contributed by atoms with van der Waals surface area (Å²) in [5.41, 5.74) is -5.41. The van der Waals surface area contributed by atoms with Crippen LogP contribution >= 0.6 is 11.6 Å². The quantitative estimate of drug-likeness (QED) is 0.302. The standard InChI is InChI=1S/C17H8ClF4N3O4/c18-14-13(24(26)27)7-10(17(20,21)22)15(16(14)25(28)29)23-12-6-5-11(19)8-3-1-2-4-9(8)12/h1-7,23H. The van der Waals surface area contributed by atoms with Crippen molar-refractivity contribution in [2.45, 2.75) is 6.18 Å². The first-order valence-electron chi connectivity index (χ1n) is 7.69. The summed E-state index contributed by atoms with van der Waals surface area (Å²) >= 11 is 5.68. The van der Waals surface area contributed by atoms with Crippen LogP contribution in [0.1, 0.15) is 5.56 Å². The highest BCUT2D eigenvalue weighted by Gasteiger charge is 2.42. The van der Waals surface area contributed by atoms with Crippen molar-refractivity contribution in [3.8, 4) is 0 Å². The van der Waals surface area contributed by atoms with Crippen LogP contribution in [-0.2, 0) is 6.18 Å². The topological polar surface area (TPSA) is 98.3 Å². The second-order valence-corrected chi connectivity index (χ2v) is 6.14. The molecule has 0 radical (unpaired) electrons. The van der Waals surface area contributed by atoms with E-state index in [9.17, 15) is 37.8 Å². The molecule has 0 aliphatic carbocycles. The number of hydrogen-bond donors (Lipinski definition) is 1. The Bertz CT molecular complexity index is 1170. The van der Waals surface area contributed by atoms with Crippen LogP contribution in [0.2, 0.25) is 5.02 Å². The molecule has 0 saturated heterocycles. The molecule has 150 valence electrons. The van der Waals surface area contributed by atoms with Crippen LogP contribution in [0, 0.1) is 26.0 Å². The van der Waals surface area contributed by atoms with Gasteiger partial charge >= 0.3 is 11.9 Å². The Hall–Kier alpha value is -3.47. The van der Waals surface area contributed by atoms with Crippen molar-refractivity contribution in [3.63, 3.8) is 0 Å². The van der Waals surface area contributed by atoms with Gasteiger partial charge in [0.25, 0.3) is 5.69 Å². The highest BCUT2D eigenvalue weighted by molar-refractivity contribution is 6.35. The average molecular weight is 430 g/mol. The molecule has 0 unspecified atom stereocenters. The molecule has 0 amide bonds. The zero-order valence-electron chi connectivity index (χ0n) is 14.0. The molecule has 0 bridgehead atoms. The van der Waals surface area contributed by atoms with Gasteiger partial charge in [0.15, 0.2) is 5.02 Å². The van der Waals surface area contributed by atoms with Gasteiger partial charge in [-0.15, -0.1) is 0 Å². The Morgan fingerprint density at radius 1 is 0.966 bits per heavy atom. The van der Waals surface area contributed by atoms with Crippen LogP contribution in [0.25, 0.3) is 10.8 Å². The molecular weight excluding hydrogens is 422 g/mol. The normalized spacial score (nSPS) is 11.5. The fraction of sp³-hybridized carbons (Fsp3) is 0.0588. The Kier molecular flexibility index (Phi) is 5.01. The fourth-order valence-corrected chi connectivity index (χ4v) is 3.08. The van der Waals surface area contributed by atoms with Gasteiger partial charge in [-0.2, -0.15) is 13.2 Å². The van der Waals surface area contributed by atoms with Gasteiger partial charge in [-0.1, -0.05) is 35.9 Å². The van der Waals surface area contributed by atoms with Crippen LogP contribution in [0.5, 0.6) is 0 Å². The number of hydrogen-bond acceptors (Lipinski definition) is 5. The number of nitro benzene ring substituents is 2. The van der Waals surface area contributed by atoms with E-state index in [1.165, 1.54) is 24.3 Å². The number of anilines is 2. The predicted molar refractivity (Wildman–Crippen MR) is 97.0 cm³/mol. The van der Waals surface area contributed by atoms with Crippen molar-refractivity contribution in [2.24, 2.45) is 0 Å². The Morgan fingerprint density at radius 3 is 2.14 bits per heavy atom. The van der Waals surface area contributed by atoms with E-state index in [1.54, 1.807) is 0 Å². The molecular formula is C17H8ClF4N3O4. The number of rotatable bonds is 4. The van der Waals surface area contributed by atoms with Crippen molar-refractivity contribution >= 4 is 45.1 Å². The molecule has 0 aliphatic rings. The van der Waals surface area contributed by atoms with Gasteiger partial charge in [0.2, 0.25) is 0 Å². The van der Waals surface area contributed by atoms with Crippen LogP contribution < -0.4 is 5.32 Å². The molecule has 0 atom stereocenters. The van der Waals surface area contributed by atoms with Gasteiger partial charge in [-0.05, 0) is 12.1 Å². The average Bonchev–Trinajstić information content (AvgIpc) is 2.62. The van der Waals surface area contributed by atoms with E-state index in [-0.39, 0.29) is 22.5 Å². The molecule has 0 heterocycles. The number of nitrogens with zero attached hydrogens (tertiary/aromatic N) is 2. The first kappa shape index (κ1) is 20.3. The molecule has 1 N–H and O–H groups in total. The Labute approximate surface area is 163 Å². The summed E-state index contributed by atoms with van der Waals surface area (Å²) in [6, 6.07) is 7.94. The van der Waals surface area contributed by atoms with Crippen LogP contribution in [-0.4, -0.2) is 9.85 Å². The van der Waals surface area contributed by atoms with E-state index in [0.29, 0.717) is 0 Å². The van der Waals surface area contributed by atoms with Gasteiger partial charge < -0.3 is 5.32 Å². The summed E-state index contributed by atoms with van der Waals surface area (Å²) in [6.07, 6.45) is -5.18. The van der Waals surface area contributed by atoms with Gasteiger partial charge in [-0.3, -0.25) is 20.2 Å². The second-order valence-electron chi connectivity index (χ2n) is 5.76. The van der Waals surface area contributed by atoms with E-state index in [0.717, 1.165) is 12.1 Å². The summed E-state index contributed by atoms with van der Waals surface area (Å²) in [6.45, 7) is 0. The lowest BCUT2D eigenvalue weighted by Gasteiger charge is -2.17. The lowest BCUT2D eigenvalue weighted by molar-refractivity contribution is -0.393. The number of nitro groups is 2. The SMILES string of the molecule is O=[N+]([O-])c1cc(C(F)(F)F)c(Nc2ccc(F)c3ccccc23)c([N+](=O)[O-])c1Cl. The number of halogens is 5. The van der Waals surface area contributed by atoms with Crippen molar-refractivity contribution in [1.82, 2.24) is 0 Å². The molecule has 0 saturated carbocycles. The molecule has 3 rings (SSSR count). The third-order valence-electron chi connectivity index (χ3n) is 4.04. The minimum atomic E-state index is -5.18. The molecule has 0 fully saturated rings. The summed E-state index contributed by atoms with van der Waals surface area (Å²) in [5, 5.41) is 23.9. The van der Waals surface area contributed by atoms with E-state index < -0.39 is 49.5 Å². The minimum Gasteiger partial charge on any atom is -0.349 e. The second kappa shape index (κ2) is 7.17. The monoisotopic (exact) mass is 429 g/mol. The first-order chi connectivity index (χ1) is 13.5. The largest absolute Gasteiger partial charge is 0.418 e. The molecule has 29 heavy (non-hydrogen) atoms. The fourth-order valence-electron chi connectivity index (χ4n) is 2.79. The van der Waals surface area contributed by atoms with Crippen LogP contribution in [0.4, 0.5) is 40.3 Å². The predicted octanol–water partition coefficient (Wildman–Crippen LogP) is 6.21. The maximum absolute atomic E-state index is 14.0. The highest BCUT2D eigenvalue weighted by Crippen LogP contribution is 2.48. The summed E-state index contributed by atoms with van der Waals surface area (Å²) < 4.78 is 54.7. The van der Waals surface area contributed by atoms with Gasteiger partial charge in [-0.25, -0.2) is 4.39 Å². The maximum atomic E-state index is 14.0. The number of nitrogens with one attached hydrogen (secondary N) is 1. The first-order valence-corrected chi connectivity index (χ1v) is 8.07. The smallest absolute Gasteiger partial charge is 0.349 e. The van der Waals surface area contributed by atoms with Crippen molar-refractivity contribution < 1.29 is 27.4 Å². The van der Waals surface area contributed by atoms with Crippen LogP contribution in [0.15, 0.2) is 42.5 Å². The van der Waals surface area contributed by atoms with Crippen molar-refractivity contribution in [3.05, 3.63) is 79.1 Å². The summed E-state index contributed by atoms with van der Waals surface area (Å²) in [4.78, 5) is 20.0. The summed E-state index contributed by atoms with van der Waals surface area (Å²) in [7, 11) is 0. The molecule has 0 aliphatic heterocycles. The highest BCUT2D eigenvalue weighted by atomic mass is 35.5. The molecule has 3 aromatic carbocycles.